The topological polar surface area (TPSA) is 51.5 Å². The van der Waals surface area contributed by atoms with Crippen LogP contribution in [-0.2, 0) is 16.1 Å². The molecular weight excluding hydrogens is 432 g/mol. The normalized spacial score (nSPS) is 11.2. The molecule has 0 N–H and O–H groups in total. The molecule has 0 aliphatic heterocycles. The third-order valence-electron chi connectivity index (χ3n) is 4.48. The van der Waals surface area contributed by atoms with Gasteiger partial charge in [0.1, 0.15) is 6.54 Å². The van der Waals surface area contributed by atoms with Crippen LogP contribution in [0, 0.1) is 6.92 Å². The molecule has 1 aromatic heterocycles. The minimum absolute atomic E-state index is 0.000510. The number of fused-ring (bicyclic) bond motifs is 2. The Bertz CT molecular complexity index is 1120. The first-order valence-corrected chi connectivity index (χ1v) is 9.71. The minimum Gasteiger partial charge on any atom is -0.465 e. The second-order valence-corrected chi connectivity index (χ2v) is 7.79. The number of nitrogens with zero attached hydrogens (tertiary/aromatic N) is 2. The van der Waals surface area contributed by atoms with Crippen LogP contribution < -0.4 is 10.3 Å². The molecule has 0 aliphatic carbocycles. The predicted octanol–water partition coefficient (Wildman–Crippen LogP) is 4.51. The van der Waals surface area contributed by atoms with E-state index in [0.717, 1.165) is 11.3 Å². The number of benzene rings is 2. The fourth-order valence-electron chi connectivity index (χ4n) is 3.41. The Balaban J connectivity index is 2.55. The summed E-state index contributed by atoms with van der Waals surface area (Å²) in [6.07, 6.45) is 0. The van der Waals surface area contributed by atoms with E-state index < -0.39 is 0 Å². The van der Waals surface area contributed by atoms with Crippen molar-refractivity contribution < 1.29 is 9.53 Å². The van der Waals surface area contributed by atoms with E-state index in [0.29, 0.717) is 37.9 Å². The van der Waals surface area contributed by atoms with Gasteiger partial charge in [0.2, 0.25) is 0 Å². The number of aryl methyl sites for hydroxylation is 1. The van der Waals surface area contributed by atoms with Gasteiger partial charge in [-0.05, 0) is 53.5 Å². The zero-order valence-corrected chi connectivity index (χ0v) is 17.9. The van der Waals surface area contributed by atoms with Crippen molar-refractivity contribution in [3.05, 3.63) is 49.5 Å². The molecule has 0 aliphatic rings. The van der Waals surface area contributed by atoms with E-state index in [2.05, 4.69) is 15.9 Å². The molecule has 3 rings (SSSR count). The number of rotatable bonds is 4. The molecule has 0 amide bonds. The van der Waals surface area contributed by atoms with E-state index in [4.69, 9.17) is 16.3 Å². The molecular formula is C20H20BrClN2O3. The minimum atomic E-state index is -0.360. The monoisotopic (exact) mass is 450 g/mol. The molecule has 0 radical (unpaired) electrons. The second kappa shape index (κ2) is 7.52. The van der Waals surface area contributed by atoms with Crippen LogP contribution in [-0.4, -0.2) is 31.2 Å². The number of hydrogen-bond acceptors (Lipinski definition) is 4. The number of hydrogen-bond donors (Lipinski definition) is 0. The molecule has 1 heterocycles. The Labute approximate surface area is 170 Å². The van der Waals surface area contributed by atoms with Crippen molar-refractivity contribution in [2.45, 2.75) is 20.4 Å². The highest BCUT2D eigenvalue weighted by molar-refractivity contribution is 9.10. The van der Waals surface area contributed by atoms with Gasteiger partial charge in [-0.1, -0.05) is 17.7 Å². The first-order chi connectivity index (χ1) is 12.8. The molecule has 0 saturated carbocycles. The highest BCUT2D eigenvalue weighted by atomic mass is 79.9. The molecule has 0 fully saturated rings. The lowest BCUT2D eigenvalue weighted by atomic mass is 10.0. The molecule has 142 valence electrons. The summed E-state index contributed by atoms with van der Waals surface area (Å²) in [6, 6.07) is 7.14. The van der Waals surface area contributed by atoms with Crippen molar-refractivity contribution in [1.29, 1.82) is 0 Å². The number of carbonyl (C=O) groups excluding carboxylic acids is 1. The van der Waals surface area contributed by atoms with Crippen molar-refractivity contribution in [1.82, 2.24) is 4.57 Å². The average Bonchev–Trinajstić information content (AvgIpc) is 2.60. The van der Waals surface area contributed by atoms with E-state index in [1.165, 1.54) is 0 Å². The Morgan fingerprint density at radius 3 is 2.59 bits per heavy atom. The van der Waals surface area contributed by atoms with Crippen LogP contribution in [0.2, 0.25) is 5.02 Å². The Morgan fingerprint density at radius 1 is 1.26 bits per heavy atom. The summed E-state index contributed by atoms with van der Waals surface area (Å²) in [6.45, 7) is 4.05. The van der Waals surface area contributed by atoms with E-state index in [9.17, 15) is 9.59 Å². The smallest absolute Gasteiger partial charge is 0.325 e. The van der Waals surface area contributed by atoms with E-state index in [-0.39, 0.29) is 17.9 Å². The summed E-state index contributed by atoms with van der Waals surface area (Å²) in [5.41, 5.74) is 3.13. The zero-order chi connectivity index (χ0) is 19.9. The Kier molecular flexibility index (Phi) is 5.49. The number of carbonyl (C=O) groups is 1. The first kappa shape index (κ1) is 19.7. The Hall–Kier alpha value is -2.05. The second-order valence-electron chi connectivity index (χ2n) is 6.53. The first-order valence-electron chi connectivity index (χ1n) is 8.54. The maximum atomic E-state index is 13.2. The van der Waals surface area contributed by atoms with E-state index in [1.54, 1.807) is 25.1 Å². The summed E-state index contributed by atoms with van der Waals surface area (Å²) in [5.74, 6) is -0.360. The van der Waals surface area contributed by atoms with Gasteiger partial charge in [-0.25, -0.2) is 0 Å². The SMILES string of the molecule is CCOC(=O)Cn1c2cc(Br)c(Cl)cc2c(=O)c2ccc(C)c(N(C)C)c21. The lowest BCUT2D eigenvalue weighted by Crippen LogP contribution is -2.21. The maximum Gasteiger partial charge on any atom is 0.325 e. The standard InChI is InChI=1S/C20H20BrClN2O3/c1-5-27-17(25)10-24-16-9-14(21)15(22)8-13(16)20(26)12-7-6-11(2)18(19(12)24)23(3)4/h6-9H,5,10H2,1-4H3. The Morgan fingerprint density at radius 2 is 1.96 bits per heavy atom. The van der Waals surface area contributed by atoms with Gasteiger partial charge in [-0.15, -0.1) is 0 Å². The molecule has 0 unspecified atom stereocenters. The molecule has 5 nitrogen and oxygen atoms in total. The van der Waals surface area contributed by atoms with Crippen LogP contribution in [0.1, 0.15) is 12.5 Å². The quantitative estimate of drug-likeness (QED) is 0.433. The van der Waals surface area contributed by atoms with Crippen molar-refractivity contribution >= 4 is 61.0 Å². The van der Waals surface area contributed by atoms with Crippen LogP contribution in [0.3, 0.4) is 0 Å². The van der Waals surface area contributed by atoms with Crippen LogP contribution in [0.15, 0.2) is 33.5 Å². The lowest BCUT2D eigenvalue weighted by Gasteiger charge is -2.23. The molecule has 0 saturated heterocycles. The molecule has 7 heteroatoms. The fraction of sp³-hybridized carbons (Fsp3) is 0.300. The number of esters is 1. The van der Waals surface area contributed by atoms with Crippen molar-refractivity contribution in [3.8, 4) is 0 Å². The number of anilines is 1. The summed E-state index contributed by atoms with van der Waals surface area (Å²) in [5, 5.41) is 1.45. The highest BCUT2D eigenvalue weighted by Crippen LogP contribution is 2.33. The molecule has 3 aromatic rings. The van der Waals surface area contributed by atoms with Gasteiger partial charge in [0.05, 0.1) is 28.4 Å². The largest absolute Gasteiger partial charge is 0.465 e. The number of aromatic nitrogens is 1. The van der Waals surface area contributed by atoms with Gasteiger partial charge in [-0.3, -0.25) is 9.59 Å². The van der Waals surface area contributed by atoms with Gasteiger partial charge in [-0.2, -0.15) is 0 Å². The third-order valence-corrected chi connectivity index (χ3v) is 5.68. The molecule has 27 heavy (non-hydrogen) atoms. The van der Waals surface area contributed by atoms with Gasteiger partial charge < -0.3 is 14.2 Å². The average molecular weight is 452 g/mol. The van der Waals surface area contributed by atoms with Crippen molar-refractivity contribution in [2.75, 3.05) is 25.6 Å². The van der Waals surface area contributed by atoms with Crippen LogP contribution in [0.5, 0.6) is 0 Å². The maximum absolute atomic E-state index is 13.2. The van der Waals surface area contributed by atoms with Crippen molar-refractivity contribution in [2.24, 2.45) is 0 Å². The van der Waals surface area contributed by atoms with Gasteiger partial charge in [0.15, 0.2) is 5.43 Å². The predicted molar refractivity (Wildman–Crippen MR) is 114 cm³/mol. The summed E-state index contributed by atoms with van der Waals surface area (Å²) in [7, 11) is 3.84. The zero-order valence-electron chi connectivity index (χ0n) is 15.6. The van der Waals surface area contributed by atoms with Gasteiger partial charge in [0.25, 0.3) is 0 Å². The summed E-state index contributed by atoms with van der Waals surface area (Å²) >= 11 is 9.65. The number of halogens is 2. The van der Waals surface area contributed by atoms with Gasteiger partial charge >= 0.3 is 5.97 Å². The lowest BCUT2D eigenvalue weighted by molar-refractivity contribution is -0.143. The summed E-state index contributed by atoms with van der Waals surface area (Å²) in [4.78, 5) is 27.5. The van der Waals surface area contributed by atoms with Crippen LogP contribution in [0.4, 0.5) is 5.69 Å². The number of pyridine rings is 1. The third kappa shape index (κ3) is 3.44. The van der Waals surface area contributed by atoms with E-state index >= 15 is 0 Å². The molecule has 2 aromatic carbocycles. The molecule has 0 spiro atoms. The van der Waals surface area contributed by atoms with Gasteiger partial charge in [0, 0.05) is 29.3 Å². The molecule has 0 atom stereocenters. The van der Waals surface area contributed by atoms with Crippen LogP contribution in [0.25, 0.3) is 21.8 Å². The molecule has 0 bridgehead atoms. The van der Waals surface area contributed by atoms with E-state index in [1.807, 2.05) is 36.6 Å². The number of ether oxygens (including phenoxy) is 1. The fourth-order valence-corrected chi connectivity index (χ4v) is 3.90. The van der Waals surface area contributed by atoms with Crippen molar-refractivity contribution in [3.63, 3.8) is 0 Å². The summed E-state index contributed by atoms with van der Waals surface area (Å²) < 4.78 is 7.67. The highest BCUT2D eigenvalue weighted by Gasteiger charge is 2.19. The van der Waals surface area contributed by atoms with Crippen LogP contribution >= 0.6 is 27.5 Å².